The van der Waals surface area contributed by atoms with Crippen LogP contribution in [0.25, 0.3) is 116 Å². The van der Waals surface area contributed by atoms with E-state index in [9.17, 15) is 0 Å². The third kappa shape index (κ3) is 5.14. The summed E-state index contributed by atoms with van der Waals surface area (Å²) in [5, 5.41) is 9.12. The maximum atomic E-state index is 7.07. The smallest absolute Gasteiger partial charge is 0.164 e. The fraction of sp³-hybridized carbons (Fsp3) is 0. The largest absolute Gasteiger partial charge is 0.454 e. The van der Waals surface area contributed by atoms with Gasteiger partial charge in [-0.1, -0.05) is 152 Å². The van der Waals surface area contributed by atoms with Crippen LogP contribution in [-0.2, 0) is 0 Å². The van der Waals surface area contributed by atoms with Crippen LogP contribution < -0.4 is 0 Å². The molecular formula is C53H32N4O. The molecule has 270 valence electrons. The monoisotopic (exact) mass is 740 g/mol. The summed E-state index contributed by atoms with van der Waals surface area (Å²) < 4.78 is 9.48. The van der Waals surface area contributed by atoms with Crippen molar-refractivity contribution in [3.05, 3.63) is 194 Å². The second kappa shape index (κ2) is 12.8. The Balaban J connectivity index is 1.20. The summed E-state index contributed by atoms with van der Waals surface area (Å²) in [4.78, 5) is 15.3. The average molecular weight is 741 g/mol. The molecule has 5 nitrogen and oxygen atoms in total. The van der Waals surface area contributed by atoms with Gasteiger partial charge in [-0.2, -0.15) is 0 Å². The maximum Gasteiger partial charge on any atom is 0.164 e. The molecule has 0 saturated heterocycles. The van der Waals surface area contributed by atoms with E-state index < -0.39 is 0 Å². The summed E-state index contributed by atoms with van der Waals surface area (Å²) in [7, 11) is 0. The van der Waals surface area contributed by atoms with E-state index in [4.69, 9.17) is 19.4 Å². The molecule has 0 radical (unpaired) electrons. The quantitative estimate of drug-likeness (QED) is 0.176. The number of aromatic nitrogens is 4. The van der Waals surface area contributed by atoms with Gasteiger partial charge in [0.15, 0.2) is 23.1 Å². The summed E-state index contributed by atoms with van der Waals surface area (Å²) in [6, 6.07) is 68.1. The molecule has 58 heavy (non-hydrogen) atoms. The first-order valence-electron chi connectivity index (χ1n) is 19.5. The first-order valence-corrected chi connectivity index (χ1v) is 19.5. The highest BCUT2D eigenvalue weighted by Crippen LogP contribution is 2.44. The molecule has 9 aromatic carbocycles. The van der Waals surface area contributed by atoms with Crippen molar-refractivity contribution in [2.24, 2.45) is 0 Å². The number of benzene rings is 9. The lowest BCUT2D eigenvalue weighted by Crippen LogP contribution is -2.00. The number of hydrogen-bond acceptors (Lipinski definition) is 4. The second-order valence-corrected chi connectivity index (χ2v) is 14.8. The predicted octanol–water partition coefficient (Wildman–Crippen LogP) is 13.8. The summed E-state index contributed by atoms with van der Waals surface area (Å²) in [5.74, 6) is 1.82. The molecule has 0 aliphatic carbocycles. The molecule has 0 saturated carbocycles. The maximum absolute atomic E-state index is 7.07. The van der Waals surface area contributed by atoms with Gasteiger partial charge < -0.3 is 8.98 Å². The Bertz CT molecular complexity index is 3400. The van der Waals surface area contributed by atoms with Gasteiger partial charge in [0, 0.05) is 38.2 Å². The lowest BCUT2D eigenvalue weighted by molar-refractivity contribution is 0.666. The third-order valence-electron chi connectivity index (χ3n) is 11.4. The Hall–Kier alpha value is -7.89. The van der Waals surface area contributed by atoms with Gasteiger partial charge >= 0.3 is 0 Å². The summed E-state index contributed by atoms with van der Waals surface area (Å²) in [5.41, 5.74) is 9.69. The van der Waals surface area contributed by atoms with E-state index in [1.807, 2.05) is 66.7 Å². The molecule has 0 unspecified atom stereocenters. The number of fused-ring (bicyclic) bond motifs is 8. The van der Waals surface area contributed by atoms with Crippen LogP contribution in [-0.4, -0.2) is 19.5 Å². The SMILES string of the molecule is c1ccc(-c2cc(-n3c4cc5ccccc5cc4c4cc5ccccc5cc43)c3oc4cccc(-c5nc(-c6ccccc6)nc(-c6ccccc6)n5)c4c3c2)cc1. The van der Waals surface area contributed by atoms with Crippen LogP contribution in [0.1, 0.15) is 0 Å². The molecule has 3 heterocycles. The normalized spacial score (nSPS) is 11.8. The predicted molar refractivity (Wildman–Crippen MR) is 238 cm³/mol. The molecular weight excluding hydrogens is 709 g/mol. The van der Waals surface area contributed by atoms with Crippen molar-refractivity contribution in [3.63, 3.8) is 0 Å². The first kappa shape index (κ1) is 32.4. The molecule has 0 spiro atoms. The van der Waals surface area contributed by atoms with Crippen LogP contribution in [0.4, 0.5) is 0 Å². The topological polar surface area (TPSA) is 56.7 Å². The van der Waals surface area contributed by atoms with Gasteiger partial charge in [-0.3, -0.25) is 0 Å². The number of hydrogen-bond donors (Lipinski definition) is 0. The molecule has 12 aromatic rings. The van der Waals surface area contributed by atoms with Gasteiger partial charge in [-0.05, 0) is 75.1 Å². The molecule has 0 atom stereocenters. The Kier molecular flexibility index (Phi) is 7.16. The molecule has 0 bridgehead atoms. The minimum absolute atomic E-state index is 0.586. The first-order chi connectivity index (χ1) is 28.7. The van der Waals surface area contributed by atoms with Crippen molar-refractivity contribution in [2.45, 2.75) is 0 Å². The van der Waals surface area contributed by atoms with Crippen LogP contribution in [0.3, 0.4) is 0 Å². The molecule has 5 heteroatoms. The van der Waals surface area contributed by atoms with Crippen LogP contribution in [0.5, 0.6) is 0 Å². The van der Waals surface area contributed by atoms with E-state index >= 15 is 0 Å². The van der Waals surface area contributed by atoms with Crippen LogP contribution in [0.2, 0.25) is 0 Å². The zero-order valence-corrected chi connectivity index (χ0v) is 31.2. The van der Waals surface area contributed by atoms with Crippen molar-refractivity contribution < 1.29 is 4.42 Å². The Morgan fingerprint density at radius 3 is 1.40 bits per heavy atom. The minimum Gasteiger partial charge on any atom is -0.454 e. The van der Waals surface area contributed by atoms with Gasteiger partial charge in [-0.25, -0.2) is 15.0 Å². The standard InChI is InChI=1S/C53H32N4O/c1-4-15-33(16-5-1)40-29-44-49-41(53-55-51(34-17-6-2-7-18-34)54-52(56-53)35-19-8-3-9-20-35)25-14-26-48(49)58-50(44)47(32-40)57-45-30-38-23-12-10-21-36(38)27-42(45)43-28-37-22-11-13-24-39(37)31-46(43)57/h1-32H. The third-order valence-corrected chi connectivity index (χ3v) is 11.4. The van der Waals surface area contributed by atoms with E-state index in [1.165, 1.54) is 32.3 Å². The van der Waals surface area contributed by atoms with Crippen LogP contribution in [0, 0.1) is 0 Å². The molecule has 0 aliphatic rings. The van der Waals surface area contributed by atoms with Crippen molar-refractivity contribution >= 4 is 65.3 Å². The lowest BCUT2D eigenvalue weighted by atomic mass is 9.99. The van der Waals surface area contributed by atoms with Crippen LogP contribution in [0.15, 0.2) is 199 Å². The highest BCUT2D eigenvalue weighted by Gasteiger charge is 2.23. The molecule has 0 N–H and O–H groups in total. The second-order valence-electron chi connectivity index (χ2n) is 14.8. The van der Waals surface area contributed by atoms with Crippen molar-refractivity contribution in [1.82, 2.24) is 19.5 Å². The average Bonchev–Trinajstić information content (AvgIpc) is 3.82. The van der Waals surface area contributed by atoms with Crippen LogP contribution >= 0.6 is 0 Å². The number of nitrogens with zero attached hydrogens (tertiary/aromatic N) is 4. The Morgan fingerprint density at radius 2 is 0.845 bits per heavy atom. The van der Waals surface area contributed by atoms with Gasteiger partial charge in [0.2, 0.25) is 0 Å². The van der Waals surface area contributed by atoms with Crippen molar-refractivity contribution in [3.8, 4) is 51.0 Å². The van der Waals surface area contributed by atoms with E-state index in [1.54, 1.807) is 0 Å². The van der Waals surface area contributed by atoms with E-state index in [0.717, 1.165) is 66.5 Å². The minimum atomic E-state index is 0.586. The fourth-order valence-electron chi connectivity index (χ4n) is 8.64. The van der Waals surface area contributed by atoms with E-state index in [-0.39, 0.29) is 0 Å². The number of rotatable bonds is 5. The van der Waals surface area contributed by atoms with Crippen molar-refractivity contribution in [1.29, 1.82) is 0 Å². The van der Waals surface area contributed by atoms with Gasteiger partial charge in [0.25, 0.3) is 0 Å². The number of furan rings is 1. The lowest BCUT2D eigenvalue weighted by Gasteiger charge is -2.13. The zero-order valence-electron chi connectivity index (χ0n) is 31.2. The molecule has 0 fully saturated rings. The van der Waals surface area contributed by atoms with E-state index in [2.05, 4.69) is 132 Å². The van der Waals surface area contributed by atoms with Crippen molar-refractivity contribution in [2.75, 3.05) is 0 Å². The summed E-state index contributed by atoms with van der Waals surface area (Å²) in [6.07, 6.45) is 0. The molecule has 12 rings (SSSR count). The Labute approximate surface area is 333 Å². The van der Waals surface area contributed by atoms with Gasteiger partial charge in [0.05, 0.1) is 16.7 Å². The summed E-state index contributed by atoms with van der Waals surface area (Å²) in [6.45, 7) is 0. The zero-order chi connectivity index (χ0) is 38.2. The Morgan fingerprint density at radius 1 is 0.362 bits per heavy atom. The summed E-state index contributed by atoms with van der Waals surface area (Å²) >= 11 is 0. The molecule has 0 aliphatic heterocycles. The fourth-order valence-corrected chi connectivity index (χ4v) is 8.64. The molecule has 0 amide bonds. The van der Waals surface area contributed by atoms with Gasteiger partial charge in [0.1, 0.15) is 5.58 Å². The highest BCUT2D eigenvalue weighted by atomic mass is 16.3. The highest BCUT2D eigenvalue weighted by molar-refractivity contribution is 6.19. The molecule has 3 aromatic heterocycles. The van der Waals surface area contributed by atoms with Gasteiger partial charge in [-0.15, -0.1) is 0 Å². The van der Waals surface area contributed by atoms with E-state index in [0.29, 0.717) is 17.5 Å².